The van der Waals surface area contributed by atoms with Crippen LogP contribution < -0.4 is 0 Å². The Labute approximate surface area is 81.0 Å². The van der Waals surface area contributed by atoms with Crippen LogP contribution in [0.1, 0.15) is 43.2 Å². The molecule has 0 radical (unpaired) electrons. The van der Waals surface area contributed by atoms with Crippen molar-refractivity contribution in [2.45, 2.75) is 39.0 Å². The molecular formula is C13H18. The molecule has 0 spiro atoms. The maximum atomic E-state index is 2.38. The van der Waals surface area contributed by atoms with Gasteiger partial charge in [0, 0.05) is 0 Å². The van der Waals surface area contributed by atoms with Gasteiger partial charge in [-0.25, -0.2) is 0 Å². The van der Waals surface area contributed by atoms with Crippen molar-refractivity contribution in [2.24, 2.45) is 5.92 Å². The maximum absolute atomic E-state index is 2.38. The van der Waals surface area contributed by atoms with E-state index in [1.54, 1.807) is 5.56 Å². The fraction of sp³-hybridized carbons (Fsp3) is 0.538. The first-order valence-corrected chi connectivity index (χ1v) is 5.34. The van der Waals surface area contributed by atoms with E-state index < -0.39 is 0 Å². The molecule has 1 aliphatic rings. The maximum Gasteiger partial charge on any atom is -0.0159 e. The van der Waals surface area contributed by atoms with Crippen molar-refractivity contribution in [1.29, 1.82) is 0 Å². The van der Waals surface area contributed by atoms with Crippen LogP contribution in [-0.2, 0) is 0 Å². The van der Waals surface area contributed by atoms with E-state index in [1.807, 2.05) is 0 Å². The van der Waals surface area contributed by atoms with Gasteiger partial charge in [-0.3, -0.25) is 0 Å². The molecule has 0 heterocycles. The van der Waals surface area contributed by atoms with Crippen molar-refractivity contribution in [3.8, 4) is 0 Å². The van der Waals surface area contributed by atoms with E-state index in [-0.39, 0.29) is 0 Å². The van der Waals surface area contributed by atoms with E-state index >= 15 is 0 Å². The molecule has 70 valence electrons. The lowest BCUT2D eigenvalue weighted by Crippen LogP contribution is -2.18. The Kier molecular flexibility index (Phi) is 2.39. The Morgan fingerprint density at radius 2 is 1.92 bits per heavy atom. The highest BCUT2D eigenvalue weighted by Crippen LogP contribution is 2.39. The number of benzene rings is 1. The predicted octanol–water partition coefficient (Wildman–Crippen LogP) is 3.90. The van der Waals surface area contributed by atoms with Gasteiger partial charge in [-0.15, -0.1) is 0 Å². The molecule has 0 amide bonds. The average Bonchev–Trinajstić information content (AvgIpc) is 2.01. The summed E-state index contributed by atoms with van der Waals surface area (Å²) in [6.07, 6.45) is 4.33. The van der Waals surface area contributed by atoms with Gasteiger partial charge in [-0.2, -0.15) is 0 Å². The Balaban J connectivity index is 2.18. The van der Waals surface area contributed by atoms with Gasteiger partial charge in [0.05, 0.1) is 0 Å². The van der Waals surface area contributed by atoms with Crippen LogP contribution >= 0.6 is 0 Å². The van der Waals surface area contributed by atoms with E-state index in [4.69, 9.17) is 0 Å². The van der Waals surface area contributed by atoms with E-state index in [2.05, 4.69) is 38.1 Å². The van der Waals surface area contributed by atoms with Crippen LogP contribution in [0.25, 0.3) is 0 Å². The lowest BCUT2D eigenvalue weighted by molar-refractivity contribution is 0.271. The summed E-state index contributed by atoms with van der Waals surface area (Å²) in [6.45, 7) is 4.61. The molecule has 0 aliphatic heterocycles. The van der Waals surface area contributed by atoms with Crippen molar-refractivity contribution >= 4 is 0 Å². The van der Waals surface area contributed by atoms with E-state index in [9.17, 15) is 0 Å². The van der Waals surface area contributed by atoms with Crippen molar-refractivity contribution < 1.29 is 0 Å². The molecule has 1 saturated carbocycles. The van der Waals surface area contributed by atoms with Crippen LogP contribution in [0.3, 0.4) is 0 Å². The van der Waals surface area contributed by atoms with E-state index in [0.717, 1.165) is 11.8 Å². The number of aryl methyl sites for hydroxylation is 1. The van der Waals surface area contributed by atoms with Gasteiger partial charge >= 0.3 is 0 Å². The second kappa shape index (κ2) is 3.53. The van der Waals surface area contributed by atoms with Gasteiger partial charge in [-0.1, -0.05) is 37.6 Å². The zero-order valence-corrected chi connectivity index (χ0v) is 8.59. The monoisotopic (exact) mass is 174 g/mol. The molecule has 1 aromatic rings. The zero-order valence-electron chi connectivity index (χ0n) is 8.59. The molecule has 0 nitrogen and oxygen atoms in total. The van der Waals surface area contributed by atoms with Gasteiger partial charge in [0.15, 0.2) is 0 Å². The summed E-state index contributed by atoms with van der Waals surface area (Å²) in [5.41, 5.74) is 3.02. The van der Waals surface area contributed by atoms with E-state index in [1.165, 1.54) is 24.8 Å². The topological polar surface area (TPSA) is 0 Å². The van der Waals surface area contributed by atoms with Gasteiger partial charge in [0.1, 0.15) is 0 Å². The highest BCUT2D eigenvalue weighted by Gasteiger charge is 2.25. The zero-order chi connectivity index (χ0) is 9.26. The van der Waals surface area contributed by atoms with E-state index in [0.29, 0.717) is 0 Å². The summed E-state index contributed by atoms with van der Waals surface area (Å²) in [5, 5.41) is 0. The van der Waals surface area contributed by atoms with Crippen molar-refractivity contribution in [3.63, 3.8) is 0 Å². The van der Waals surface area contributed by atoms with Crippen LogP contribution in [0, 0.1) is 12.8 Å². The molecule has 0 bridgehead atoms. The summed E-state index contributed by atoms with van der Waals surface area (Å²) in [6, 6.07) is 8.81. The fourth-order valence-electron chi connectivity index (χ4n) is 2.29. The van der Waals surface area contributed by atoms with Crippen molar-refractivity contribution in [2.75, 3.05) is 0 Å². The first-order chi connectivity index (χ1) is 6.29. The summed E-state index contributed by atoms with van der Waals surface area (Å²) in [5.74, 6) is 1.73. The molecule has 0 saturated heterocycles. The largest absolute Gasteiger partial charge is 0.0620 e. The van der Waals surface area contributed by atoms with Crippen LogP contribution in [0.5, 0.6) is 0 Å². The molecule has 13 heavy (non-hydrogen) atoms. The lowest BCUT2D eigenvalue weighted by Gasteiger charge is -2.32. The normalized spacial score (nSPS) is 19.5. The van der Waals surface area contributed by atoms with Crippen molar-refractivity contribution in [1.82, 2.24) is 0 Å². The van der Waals surface area contributed by atoms with Gasteiger partial charge in [-0.05, 0) is 42.7 Å². The molecular weight excluding hydrogens is 156 g/mol. The summed E-state index contributed by atoms with van der Waals surface area (Å²) in [7, 11) is 0. The quantitative estimate of drug-likeness (QED) is 0.638. The van der Waals surface area contributed by atoms with Crippen LogP contribution in [0.2, 0.25) is 0 Å². The minimum Gasteiger partial charge on any atom is -0.0620 e. The third-order valence-electron chi connectivity index (χ3n) is 3.54. The van der Waals surface area contributed by atoms with Crippen LogP contribution in [0.15, 0.2) is 24.3 Å². The Morgan fingerprint density at radius 1 is 1.23 bits per heavy atom. The highest BCUT2D eigenvalue weighted by atomic mass is 14.3. The fourth-order valence-corrected chi connectivity index (χ4v) is 2.29. The molecule has 0 N–H and O–H groups in total. The lowest BCUT2D eigenvalue weighted by atomic mass is 9.73. The number of hydrogen-bond acceptors (Lipinski definition) is 0. The minimum absolute atomic E-state index is 0.773. The molecule has 1 aliphatic carbocycles. The van der Waals surface area contributed by atoms with Crippen molar-refractivity contribution in [3.05, 3.63) is 35.4 Å². The molecule has 1 unspecified atom stereocenters. The Bertz CT molecular complexity index is 284. The van der Waals surface area contributed by atoms with Gasteiger partial charge < -0.3 is 0 Å². The minimum atomic E-state index is 0.773. The average molecular weight is 174 g/mol. The second-order valence-corrected chi connectivity index (χ2v) is 4.34. The molecule has 0 heteroatoms. The third kappa shape index (κ3) is 1.63. The Morgan fingerprint density at radius 3 is 2.46 bits per heavy atom. The van der Waals surface area contributed by atoms with Crippen LogP contribution in [-0.4, -0.2) is 0 Å². The molecule has 0 aromatic heterocycles. The second-order valence-electron chi connectivity index (χ2n) is 4.34. The number of hydrogen-bond donors (Lipinski definition) is 0. The number of rotatable bonds is 2. The summed E-state index contributed by atoms with van der Waals surface area (Å²) in [4.78, 5) is 0. The standard InChI is InChI=1S/C13H18/c1-10-6-3-4-9-13(10)11(2)12-7-5-8-12/h3-4,6,9,11-12H,5,7-8H2,1-2H3. The SMILES string of the molecule is Cc1ccccc1C(C)C1CCC1. The predicted molar refractivity (Wildman–Crippen MR) is 56.9 cm³/mol. The molecule has 2 rings (SSSR count). The van der Waals surface area contributed by atoms with Crippen LogP contribution in [0.4, 0.5) is 0 Å². The Hall–Kier alpha value is -0.780. The molecule has 1 fully saturated rings. The summed E-state index contributed by atoms with van der Waals surface area (Å²) < 4.78 is 0. The first-order valence-electron chi connectivity index (χ1n) is 5.34. The smallest absolute Gasteiger partial charge is 0.0159 e. The molecule has 1 aromatic carbocycles. The van der Waals surface area contributed by atoms with Gasteiger partial charge in [0.2, 0.25) is 0 Å². The van der Waals surface area contributed by atoms with Gasteiger partial charge in [0.25, 0.3) is 0 Å². The summed E-state index contributed by atoms with van der Waals surface area (Å²) >= 11 is 0. The molecule has 1 atom stereocenters. The third-order valence-corrected chi connectivity index (χ3v) is 3.54. The first kappa shape index (κ1) is 8.80. The highest BCUT2D eigenvalue weighted by molar-refractivity contribution is 5.29.